The number of carboxylic acid groups (broad SMARTS) is 1. The van der Waals surface area contributed by atoms with E-state index in [2.05, 4.69) is 0 Å². The van der Waals surface area contributed by atoms with Gasteiger partial charge < -0.3 is 9.90 Å². The van der Waals surface area contributed by atoms with Gasteiger partial charge in [0.1, 0.15) is 0 Å². The lowest BCUT2D eigenvalue weighted by molar-refractivity contribution is -0.304. The lowest BCUT2D eigenvalue weighted by atomic mass is 10.00. The number of benzene rings is 2. The summed E-state index contributed by atoms with van der Waals surface area (Å²) in [4.78, 5) is 22.9. The maximum absolute atomic E-state index is 12.3. The third kappa shape index (κ3) is 3.01. The summed E-state index contributed by atoms with van der Waals surface area (Å²) < 4.78 is 0. The fourth-order valence-electron chi connectivity index (χ4n) is 1.79. The fraction of sp³-hybridized carbons (Fsp3) is 0.0667. The molecule has 96 valence electrons. The van der Waals surface area contributed by atoms with Crippen LogP contribution in [0.15, 0.2) is 48.5 Å². The second-order valence-corrected chi connectivity index (χ2v) is 4.40. The van der Waals surface area contributed by atoms with Crippen LogP contribution in [0.5, 0.6) is 0 Å². The zero-order chi connectivity index (χ0) is 13.8. The van der Waals surface area contributed by atoms with E-state index in [4.69, 9.17) is 11.6 Å². The van der Waals surface area contributed by atoms with Crippen molar-refractivity contribution in [1.82, 2.24) is 0 Å². The van der Waals surface area contributed by atoms with Crippen molar-refractivity contribution in [3.63, 3.8) is 0 Å². The topological polar surface area (TPSA) is 57.2 Å². The molecule has 19 heavy (non-hydrogen) atoms. The summed E-state index contributed by atoms with van der Waals surface area (Å²) in [6, 6.07) is 13.5. The second kappa shape index (κ2) is 5.67. The zero-order valence-electron chi connectivity index (χ0n) is 9.93. The summed E-state index contributed by atoms with van der Waals surface area (Å²) in [6.07, 6.45) is -0.311. The maximum atomic E-state index is 12.3. The predicted octanol–water partition coefficient (Wildman–Crippen LogP) is 1.86. The number of ketones is 1. The molecule has 4 heteroatoms. The summed E-state index contributed by atoms with van der Waals surface area (Å²) >= 11 is 6.09. The Morgan fingerprint density at radius 1 is 1.00 bits per heavy atom. The number of aliphatic carboxylic acids is 1. The predicted molar refractivity (Wildman–Crippen MR) is 70.0 cm³/mol. The minimum Gasteiger partial charge on any atom is -0.550 e. The Hall–Kier alpha value is -2.13. The lowest BCUT2D eigenvalue weighted by Gasteiger charge is -2.09. The van der Waals surface area contributed by atoms with Crippen molar-refractivity contribution in [3.8, 4) is 0 Å². The van der Waals surface area contributed by atoms with Gasteiger partial charge >= 0.3 is 0 Å². The van der Waals surface area contributed by atoms with Gasteiger partial charge in [-0.05, 0) is 11.6 Å². The molecule has 0 N–H and O–H groups in total. The number of hydrogen-bond donors (Lipinski definition) is 0. The summed E-state index contributed by atoms with van der Waals surface area (Å²) in [6.45, 7) is 0. The van der Waals surface area contributed by atoms with E-state index in [9.17, 15) is 14.7 Å². The van der Waals surface area contributed by atoms with Gasteiger partial charge in [0.15, 0.2) is 5.78 Å². The second-order valence-electron chi connectivity index (χ2n) is 4.02. The number of carbonyl (C=O) groups excluding carboxylic acids is 2. The van der Waals surface area contributed by atoms with Gasteiger partial charge in [0.25, 0.3) is 0 Å². The average molecular weight is 274 g/mol. The van der Waals surface area contributed by atoms with Gasteiger partial charge in [-0.1, -0.05) is 54.1 Å². The molecule has 0 spiro atoms. The molecular formula is C15H10ClO3-. The molecule has 2 aromatic rings. The normalized spacial score (nSPS) is 10.2. The van der Waals surface area contributed by atoms with Crippen LogP contribution >= 0.6 is 11.6 Å². The minimum absolute atomic E-state index is 0.167. The SMILES string of the molecule is O=C([O-])Cc1cccc(C(=O)c2ccccc2)c1Cl. The molecule has 0 saturated carbocycles. The third-order valence-corrected chi connectivity index (χ3v) is 3.14. The van der Waals surface area contributed by atoms with E-state index in [1.54, 1.807) is 42.5 Å². The number of carbonyl (C=O) groups is 2. The first-order valence-corrected chi connectivity index (χ1v) is 6.04. The molecule has 0 radical (unpaired) electrons. The fourth-order valence-corrected chi connectivity index (χ4v) is 2.07. The molecule has 0 aromatic heterocycles. The smallest absolute Gasteiger partial charge is 0.194 e. The quantitative estimate of drug-likeness (QED) is 0.799. The summed E-state index contributed by atoms with van der Waals surface area (Å²) in [5.41, 5.74) is 1.19. The molecule has 0 unspecified atom stereocenters. The van der Waals surface area contributed by atoms with E-state index in [1.807, 2.05) is 6.07 Å². The molecule has 0 amide bonds. The van der Waals surface area contributed by atoms with Crippen molar-refractivity contribution in [2.24, 2.45) is 0 Å². The van der Waals surface area contributed by atoms with Gasteiger partial charge in [0.2, 0.25) is 0 Å². The van der Waals surface area contributed by atoms with Crippen molar-refractivity contribution in [2.75, 3.05) is 0 Å². The summed E-state index contributed by atoms with van der Waals surface area (Å²) in [5.74, 6) is -1.46. The highest BCUT2D eigenvalue weighted by molar-refractivity contribution is 6.35. The van der Waals surface area contributed by atoms with Crippen LogP contribution in [0.2, 0.25) is 5.02 Å². The summed E-state index contributed by atoms with van der Waals surface area (Å²) in [7, 11) is 0. The highest BCUT2D eigenvalue weighted by Gasteiger charge is 2.14. The van der Waals surface area contributed by atoms with Crippen molar-refractivity contribution in [1.29, 1.82) is 0 Å². The maximum Gasteiger partial charge on any atom is 0.194 e. The Labute approximate surface area is 115 Å². The van der Waals surface area contributed by atoms with Crippen LogP contribution in [-0.2, 0) is 11.2 Å². The zero-order valence-corrected chi connectivity index (χ0v) is 10.7. The average Bonchev–Trinajstić information content (AvgIpc) is 2.41. The molecule has 0 atom stereocenters. The third-order valence-electron chi connectivity index (χ3n) is 2.69. The Balaban J connectivity index is 2.41. The number of carboxylic acids is 1. The molecule has 0 heterocycles. The van der Waals surface area contributed by atoms with Gasteiger partial charge in [-0.15, -0.1) is 0 Å². The Bertz CT molecular complexity index is 621. The monoisotopic (exact) mass is 273 g/mol. The highest BCUT2D eigenvalue weighted by atomic mass is 35.5. The van der Waals surface area contributed by atoms with Crippen LogP contribution < -0.4 is 5.11 Å². The van der Waals surface area contributed by atoms with E-state index >= 15 is 0 Å². The number of rotatable bonds is 4. The van der Waals surface area contributed by atoms with Crippen LogP contribution in [0.1, 0.15) is 21.5 Å². The van der Waals surface area contributed by atoms with Crippen molar-refractivity contribution >= 4 is 23.4 Å². The van der Waals surface area contributed by atoms with Crippen LogP contribution in [0.3, 0.4) is 0 Å². The Kier molecular flexibility index (Phi) is 3.97. The van der Waals surface area contributed by atoms with E-state index in [0.717, 1.165) is 0 Å². The largest absolute Gasteiger partial charge is 0.550 e. The number of hydrogen-bond acceptors (Lipinski definition) is 3. The Morgan fingerprint density at radius 3 is 2.32 bits per heavy atom. The van der Waals surface area contributed by atoms with Gasteiger partial charge in [-0.3, -0.25) is 4.79 Å². The first-order chi connectivity index (χ1) is 9.09. The van der Waals surface area contributed by atoms with Crippen molar-refractivity contribution in [2.45, 2.75) is 6.42 Å². The van der Waals surface area contributed by atoms with Crippen LogP contribution in [0, 0.1) is 0 Å². The van der Waals surface area contributed by atoms with Gasteiger partial charge in [-0.2, -0.15) is 0 Å². The van der Waals surface area contributed by atoms with E-state index in [0.29, 0.717) is 16.7 Å². The molecule has 0 fully saturated rings. The molecule has 0 aliphatic carbocycles. The van der Waals surface area contributed by atoms with E-state index in [1.165, 1.54) is 0 Å². The van der Waals surface area contributed by atoms with Crippen LogP contribution in [-0.4, -0.2) is 11.8 Å². The first kappa shape index (κ1) is 13.3. The van der Waals surface area contributed by atoms with Crippen LogP contribution in [0.4, 0.5) is 0 Å². The first-order valence-electron chi connectivity index (χ1n) is 5.66. The van der Waals surface area contributed by atoms with E-state index in [-0.39, 0.29) is 17.2 Å². The standard InChI is InChI=1S/C15H11ClO3/c16-14-11(9-13(17)18)7-4-8-12(14)15(19)10-5-2-1-3-6-10/h1-8H,9H2,(H,17,18)/p-1. The minimum atomic E-state index is -1.23. The van der Waals surface area contributed by atoms with Crippen molar-refractivity contribution in [3.05, 3.63) is 70.2 Å². The van der Waals surface area contributed by atoms with Crippen molar-refractivity contribution < 1.29 is 14.7 Å². The molecule has 0 aliphatic rings. The Morgan fingerprint density at radius 2 is 1.68 bits per heavy atom. The molecular weight excluding hydrogens is 264 g/mol. The van der Waals surface area contributed by atoms with Crippen LogP contribution in [0.25, 0.3) is 0 Å². The number of halogens is 1. The molecule has 3 nitrogen and oxygen atoms in total. The molecule has 0 saturated heterocycles. The highest BCUT2D eigenvalue weighted by Crippen LogP contribution is 2.24. The molecule has 2 rings (SSSR count). The van der Waals surface area contributed by atoms with Gasteiger partial charge in [0, 0.05) is 23.5 Å². The molecule has 0 bridgehead atoms. The van der Waals surface area contributed by atoms with E-state index < -0.39 is 5.97 Å². The van der Waals surface area contributed by atoms with Gasteiger partial charge in [-0.25, -0.2) is 0 Å². The summed E-state index contributed by atoms with van der Waals surface area (Å²) in [5, 5.41) is 10.8. The van der Waals surface area contributed by atoms with Gasteiger partial charge in [0.05, 0.1) is 5.02 Å². The molecule has 0 aliphatic heterocycles. The lowest BCUT2D eigenvalue weighted by Crippen LogP contribution is -2.24. The molecule has 2 aromatic carbocycles.